The molecular formula is C16H16ClFN4O4S. The molecule has 0 bridgehead atoms. The molecule has 0 aliphatic heterocycles. The standard InChI is InChI=1S/C16H15FN4O4S.ClH/c1-19(2)8-9-20(15(22)11-6-7-13(25-11)21(23)24)16-18-14-10(17)4-3-5-12(14)26-16;/h3-7H,8-9H2,1-2H3;1H. The predicted molar refractivity (Wildman–Crippen MR) is 102 cm³/mol. The monoisotopic (exact) mass is 414 g/mol. The number of aromatic nitrogens is 1. The van der Waals surface area contributed by atoms with E-state index in [9.17, 15) is 19.3 Å². The van der Waals surface area contributed by atoms with Crippen LogP contribution in [0.3, 0.4) is 0 Å². The third kappa shape index (κ3) is 4.41. The molecule has 0 aliphatic rings. The summed E-state index contributed by atoms with van der Waals surface area (Å²) in [5.41, 5.74) is 0.181. The Labute approximate surface area is 163 Å². The first kappa shape index (κ1) is 20.7. The molecule has 0 aliphatic carbocycles. The van der Waals surface area contributed by atoms with Gasteiger partial charge in [0.2, 0.25) is 0 Å². The van der Waals surface area contributed by atoms with Gasteiger partial charge in [-0.25, -0.2) is 9.37 Å². The normalized spacial score (nSPS) is 10.8. The van der Waals surface area contributed by atoms with E-state index in [1.54, 1.807) is 12.1 Å². The average Bonchev–Trinajstić information content (AvgIpc) is 3.22. The van der Waals surface area contributed by atoms with Crippen LogP contribution in [0.15, 0.2) is 34.7 Å². The van der Waals surface area contributed by atoms with Crippen LogP contribution in [0, 0.1) is 15.9 Å². The Hall–Kier alpha value is -2.56. The number of thiazole rings is 1. The fraction of sp³-hybridized carbons (Fsp3) is 0.250. The van der Waals surface area contributed by atoms with Gasteiger partial charge in [0.15, 0.2) is 10.9 Å². The van der Waals surface area contributed by atoms with E-state index >= 15 is 0 Å². The van der Waals surface area contributed by atoms with Crippen molar-refractivity contribution < 1.29 is 18.5 Å². The number of nitro groups is 1. The number of amides is 1. The first-order valence-electron chi connectivity index (χ1n) is 7.62. The summed E-state index contributed by atoms with van der Waals surface area (Å²) < 4.78 is 19.5. The number of para-hydroxylation sites is 1. The van der Waals surface area contributed by atoms with E-state index in [-0.39, 0.29) is 30.2 Å². The van der Waals surface area contributed by atoms with Gasteiger partial charge in [-0.3, -0.25) is 19.8 Å². The van der Waals surface area contributed by atoms with Crippen LogP contribution >= 0.6 is 23.7 Å². The van der Waals surface area contributed by atoms with Gasteiger partial charge in [-0.05, 0) is 32.3 Å². The van der Waals surface area contributed by atoms with Crippen molar-refractivity contribution in [3.8, 4) is 0 Å². The Kier molecular flexibility index (Phi) is 6.47. The number of hydrogen-bond donors (Lipinski definition) is 0. The summed E-state index contributed by atoms with van der Waals surface area (Å²) in [5, 5.41) is 11.1. The molecule has 8 nitrogen and oxygen atoms in total. The highest BCUT2D eigenvalue weighted by molar-refractivity contribution is 7.22. The van der Waals surface area contributed by atoms with Crippen molar-refractivity contribution in [3.63, 3.8) is 0 Å². The number of fused-ring (bicyclic) bond motifs is 1. The molecule has 0 unspecified atom stereocenters. The van der Waals surface area contributed by atoms with Crippen LogP contribution in [0.4, 0.5) is 15.4 Å². The average molecular weight is 415 g/mol. The third-order valence-electron chi connectivity index (χ3n) is 3.59. The van der Waals surface area contributed by atoms with Crippen molar-refractivity contribution in [2.75, 3.05) is 32.1 Å². The molecule has 0 fully saturated rings. The van der Waals surface area contributed by atoms with Crippen molar-refractivity contribution in [1.82, 2.24) is 9.88 Å². The number of benzene rings is 1. The lowest BCUT2D eigenvalue weighted by Crippen LogP contribution is -2.36. The van der Waals surface area contributed by atoms with Crippen LogP contribution in [0.25, 0.3) is 10.2 Å². The molecule has 0 N–H and O–H groups in total. The van der Waals surface area contributed by atoms with Gasteiger partial charge in [0.05, 0.1) is 10.8 Å². The fourth-order valence-electron chi connectivity index (χ4n) is 2.28. The third-order valence-corrected chi connectivity index (χ3v) is 4.63. The summed E-state index contributed by atoms with van der Waals surface area (Å²) in [5.74, 6) is -1.73. The van der Waals surface area contributed by atoms with Gasteiger partial charge in [-0.2, -0.15) is 0 Å². The number of rotatable bonds is 6. The van der Waals surface area contributed by atoms with Gasteiger partial charge < -0.3 is 9.32 Å². The Morgan fingerprint density at radius 3 is 2.63 bits per heavy atom. The van der Waals surface area contributed by atoms with E-state index in [1.165, 1.54) is 28.4 Å². The summed E-state index contributed by atoms with van der Waals surface area (Å²) in [4.78, 5) is 30.3. The Bertz CT molecular complexity index is 974. The van der Waals surface area contributed by atoms with E-state index in [0.29, 0.717) is 16.4 Å². The molecule has 1 aromatic carbocycles. The smallest absolute Gasteiger partial charge is 0.395 e. The number of carbonyl (C=O) groups excluding carboxylic acids is 1. The molecule has 0 radical (unpaired) electrons. The van der Waals surface area contributed by atoms with Gasteiger partial charge in [0, 0.05) is 13.1 Å². The van der Waals surface area contributed by atoms with Crippen LogP contribution in [-0.2, 0) is 0 Å². The van der Waals surface area contributed by atoms with Crippen LogP contribution < -0.4 is 4.90 Å². The Morgan fingerprint density at radius 1 is 1.30 bits per heavy atom. The largest absolute Gasteiger partial charge is 0.433 e. The van der Waals surface area contributed by atoms with E-state index < -0.39 is 22.5 Å². The number of nitrogens with zero attached hydrogens (tertiary/aromatic N) is 4. The maximum Gasteiger partial charge on any atom is 0.433 e. The van der Waals surface area contributed by atoms with Crippen molar-refractivity contribution in [1.29, 1.82) is 0 Å². The highest BCUT2D eigenvalue weighted by Crippen LogP contribution is 2.31. The molecule has 1 amide bonds. The van der Waals surface area contributed by atoms with Gasteiger partial charge >= 0.3 is 5.88 Å². The zero-order valence-corrected chi connectivity index (χ0v) is 16.1. The fourth-order valence-corrected chi connectivity index (χ4v) is 3.28. The molecule has 144 valence electrons. The van der Waals surface area contributed by atoms with E-state index in [0.717, 1.165) is 6.07 Å². The molecule has 3 rings (SSSR count). The second-order valence-electron chi connectivity index (χ2n) is 5.74. The first-order chi connectivity index (χ1) is 12.4. The van der Waals surface area contributed by atoms with Crippen LogP contribution in [0.1, 0.15) is 10.6 Å². The molecule has 0 saturated carbocycles. The van der Waals surface area contributed by atoms with Gasteiger partial charge in [-0.1, -0.05) is 17.4 Å². The molecule has 0 spiro atoms. The minimum Gasteiger partial charge on any atom is -0.395 e. The van der Waals surface area contributed by atoms with Gasteiger partial charge in [0.1, 0.15) is 16.3 Å². The lowest BCUT2D eigenvalue weighted by atomic mass is 10.3. The van der Waals surface area contributed by atoms with Gasteiger partial charge in [0.25, 0.3) is 5.91 Å². The maximum absolute atomic E-state index is 13.9. The van der Waals surface area contributed by atoms with Crippen LogP contribution in [0.2, 0.25) is 0 Å². The number of anilines is 1. The SMILES string of the molecule is CN(C)CCN(C(=O)c1ccc([N+](=O)[O-])o1)c1nc2c(F)cccc2s1.Cl. The molecule has 3 aromatic rings. The topological polar surface area (TPSA) is 92.7 Å². The van der Waals surface area contributed by atoms with Crippen molar-refractivity contribution in [2.24, 2.45) is 0 Å². The zero-order valence-electron chi connectivity index (χ0n) is 14.4. The summed E-state index contributed by atoms with van der Waals surface area (Å²) in [7, 11) is 3.69. The Morgan fingerprint density at radius 2 is 2.04 bits per heavy atom. The van der Waals surface area contributed by atoms with E-state index in [2.05, 4.69) is 4.98 Å². The molecule has 0 saturated heterocycles. The lowest BCUT2D eigenvalue weighted by Gasteiger charge is -2.20. The second-order valence-corrected chi connectivity index (χ2v) is 6.75. The number of hydrogen-bond acceptors (Lipinski definition) is 7. The van der Waals surface area contributed by atoms with Crippen LogP contribution in [-0.4, -0.2) is 47.9 Å². The molecule has 2 heterocycles. The summed E-state index contributed by atoms with van der Waals surface area (Å²) in [6.45, 7) is 0.786. The maximum atomic E-state index is 13.9. The number of halogens is 2. The minimum atomic E-state index is -0.714. The number of furan rings is 1. The summed E-state index contributed by atoms with van der Waals surface area (Å²) >= 11 is 1.17. The van der Waals surface area contributed by atoms with Gasteiger partial charge in [-0.15, -0.1) is 12.4 Å². The Balaban J connectivity index is 0.00000261. The molecule has 27 heavy (non-hydrogen) atoms. The first-order valence-corrected chi connectivity index (χ1v) is 8.44. The van der Waals surface area contributed by atoms with Crippen molar-refractivity contribution >= 4 is 50.9 Å². The predicted octanol–water partition coefficient (Wildman–Crippen LogP) is 3.57. The zero-order chi connectivity index (χ0) is 18.8. The minimum absolute atomic E-state index is 0. The highest BCUT2D eigenvalue weighted by atomic mass is 35.5. The van der Waals surface area contributed by atoms with Crippen molar-refractivity contribution in [3.05, 3.63) is 52.0 Å². The molecule has 0 atom stereocenters. The van der Waals surface area contributed by atoms with E-state index in [4.69, 9.17) is 4.42 Å². The van der Waals surface area contributed by atoms with Crippen LogP contribution in [0.5, 0.6) is 0 Å². The van der Waals surface area contributed by atoms with E-state index in [1.807, 2.05) is 19.0 Å². The molecular weight excluding hydrogens is 399 g/mol. The molecule has 2 aromatic heterocycles. The quantitative estimate of drug-likeness (QED) is 0.452. The number of carbonyl (C=O) groups is 1. The number of likely N-dealkylation sites (N-methyl/N-ethyl adjacent to an activating group) is 1. The summed E-state index contributed by atoms with van der Waals surface area (Å²) in [6, 6.07) is 6.95. The molecule has 11 heteroatoms. The summed E-state index contributed by atoms with van der Waals surface area (Å²) in [6.07, 6.45) is 0. The lowest BCUT2D eigenvalue weighted by molar-refractivity contribution is -0.402. The highest BCUT2D eigenvalue weighted by Gasteiger charge is 2.26. The second kappa shape index (κ2) is 8.42. The van der Waals surface area contributed by atoms with Crippen molar-refractivity contribution in [2.45, 2.75) is 0 Å².